The van der Waals surface area contributed by atoms with E-state index >= 15 is 0 Å². The van der Waals surface area contributed by atoms with E-state index in [2.05, 4.69) is 4.98 Å². The highest BCUT2D eigenvalue weighted by Gasteiger charge is 2.17. The molecular formula is C24H20N2O5S. The van der Waals surface area contributed by atoms with Crippen molar-refractivity contribution in [2.45, 2.75) is 13.0 Å². The normalized spacial score (nSPS) is 13.0. The third-order valence-electron chi connectivity index (χ3n) is 5.26. The van der Waals surface area contributed by atoms with Crippen molar-refractivity contribution >= 4 is 27.3 Å². The second-order valence-electron chi connectivity index (χ2n) is 7.37. The van der Waals surface area contributed by atoms with Crippen LogP contribution in [-0.4, -0.2) is 35.7 Å². The first-order chi connectivity index (χ1) is 15.6. The fraction of sp³-hybridized carbons (Fsp3) is 0.208. The predicted octanol–water partition coefficient (Wildman–Crippen LogP) is 4.18. The van der Waals surface area contributed by atoms with Gasteiger partial charge in [-0.15, -0.1) is 11.3 Å². The highest BCUT2D eigenvalue weighted by molar-refractivity contribution is 7.22. The average molecular weight is 449 g/mol. The van der Waals surface area contributed by atoms with E-state index in [9.17, 15) is 9.59 Å². The topological polar surface area (TPSA) is 79.7 Å². The van der Waals surface area contributed by atoms with Gasteiger partial charge in [0.15, 0.2) is 17.3 Å². The molecule has 3 heterocycles. The molecule has 0 atom stereocenters. The number of hydrogen-bond donors (Lipinski definition) is 0. The average Bonchev–Trinajstić information content (AvgIpc) is 3.12. The number of ketones is 1. The summed E-state index contributed by atoms with van der Waals surface area (Å²) in [5.74, 6) is 1.75. The molecule has 7 nitrogen and oxygen atoms in total. The number of carbonyl (C=O) groups is 1. The van der Waals surface area contributed by atoms with Gasteiger partial charge in [-0.05, 0) is 54.1 Å². The summed E-state index contributed by atoms with van der Waals surface area (Å²) in [7, 11) is 1.62. The number of rotatable bonds is 5. The molecule has 0 N–H and O–H groups in total. The van der Waals surface area contributed by atoms with Gasteiger partial charge < -0.3 is 14.2 Å². The van der Waals surface area contributed by atoms with E-state index in [0.717, 1.165) is 22.6 Å². The minimum Gasteiger partial charge on any atom is -0.497 e. The first kappa shape index (κ1) is 20.3. The number of ether oxygens (including phenoxy) is 3. The van der Waals surface area contributed by atoms with Crippen molar-refractivity contribution in [1.82, 2.24) is 9.55 Å². The first-order valence-electron chi connectivity index (χ1n) is 10.2. The number of thiophene rings is 1. The van der Waals surface area contributed by atoms with Crippen LogP contribution in [-0.2, 0) is 6.54 Å². The molecule has 2 aromatic carbocycles. The molecule has 0 saturated heterocycles. The van der Waals surface area contributed by atoms with E-state index in [1.165, 1.54) is 22.2 Å². The van der Waals surface area contributed by atoms with Gasteiger partial charge in [-0.3, -0.25) is 14.2 Å². The number of Topliss-reactive ketones (excluding diaryl/α,β-unsaturated/α-hetero) is 1. The third kappa shape index (κ3) is 3.85. The summed E-state index contributed by atoms with van der Waals surface area (Å²) in [4.78, 5) is 31.2. The van der Waals surface area contributed by atoms with Crippen molar-refractivity contribution in [3.05, 3.63) is 70.8 Å². The van der Waals surface area contributed by atoms with Crippen LogP contribution in [0.5, 0.6) is 17.2 Å². The van der Waals surface area contributed by atoms with Crippen molar-refractivity contribution in [1.29, 1.82) is 0 Å². The molecular weight excluding hydrogens is 428 g/mol. The summed E-state index contributed by atoms with van der Waals surface area (Å²) in [6, 6.07) is 14.6. The molecule has 0 unspecified atom stereocenters. The van der Waals surface area contributed by atoms with Crippen molar-refractivity contribution < 1.29 is 19.0 Å². The van der Waals surface area contributed by atoms with E-state index in [0.29, 0.717) is 40.5 Å². The van der Waals surface area contributed by atoms with E-state index in [1.807, 2.05) is 30.3 Å². The zero-order valence-corrected chi connectivity index (χ0v) is 18.2. The Labute approximate surface area is 187 Å². The minimum absolute atomic E-state index is 0.100. The highest BCUT2D eigenvalue weighted by Crippen LogP contribution is 2.32. The summed E-state index contributed by atoms with van der Waals surface area (Å²) in [6.07, 6.45) is 2.22. The molecule has 0 saturated carbocycles. The van der Waals surface area contributed by atoms with E-state index in [1.54, 1.807) is 25.3 Å². The Balaban J connectivity index is 1.42. The lowest BCUT2D eigenvalue weighted by atomic mass is 10.1. The van der Waals surface area contributed by atoms with Crippen LogP contribution in [0.15, 0.2) is 59.7 Å². The number of fused-ring (bicyclic) bond motifs is 2. The zero-order valence-electron chi connectivity index (χ0n) is 17.4. The third-order valence-corrected chi connectivity index (χ3v) is 6.42. The van der Waals surface area contributed by atoms with E-state index in [-0.39, 0.29) is 17.9 Å². The number of carbonyl (C=O) groups excluding carboxylic acids is 1. The molecule has 0 amide bonds. The number of methoxy groups -OCH3 is 1. The number of nitrogens with zero attached hydrogens (tertiary/aromatic N) is 2. The largest absolute Gasteiger partial charge is 0.497 e. The van der Waals surface area contributed by atoms with Crippen molar-refractivity contribution in [3.63, 3.8) is 0 Å². The Morgan fingerprint density at radius 1 is 1.09 bits per heavy atom. The van der Waals surface area contributed by atoms with Crippen LogP contribution >= 0.6 is 11.3 Å². The van der Waals surface area contributed by atoms with Gasteiger partial charge in [0.2, 0.25) is 0 Å². The van der Waals surface area contributed by atoms with Crippen LogP contribution in [0.1, 0.15) is 16.8 Å². The van der Waals surface area contributed by atoms with E-state index < -0.39 is 0 Å². The zero-order chi connectivity index (χ0) is 22.1. The lowest BCUT2D eigenvalue weighted by molar-refractivity contribution is 0.0970. The van der Waals surface area contributed by atoms with Gasteiger partial charge in [-0.2, -0.15) is 0 Å². The summed E-state index contributed by atoms with van der Waals surface area (Å²) in [5.41, 5.74) is 1.82. The van der Waals surface area contributed by atoms with Gasteiger partial charge in [0.25, 0.3) is 5.56 Å². The molecule has 0 spiro atoms. The Bertz CT molecular complexity index is 1360. The molecule has 32 heavy (non-hydrogen) atoms. The monoisotopic (exact) mass is 448 g/mol. The van der Waals surface area contributed by atoms with Crippen molar-refractivity contribution in [2.75, 3.05) is 20.3 Å². The smallest absolute Gasteiger partial charge is 0.271 e. The molecule has 0 bridgehead atoms. The minimum atomic E-state index is -0.234. The van der Waals surface area contributed by atoms with Crippen LogP contribution in [0.3, 0.4) is 0 Å². The number of benzene rings is 2. The maximum absolute atomic E-state index is 13.0. The fourth-order valence-corrected chi connectivity index (χ4v) is 4.60. The summed E-state index contributed by atoms with van der Waals surface area (Å²) in [6.45, 7) is 1.03. The Morgan fingerprint density at radius 3 is 2.66 bits per heavy atom. The molecule has 4 aromatic rings. The molecule has 5 rings (SSSR count). The maximum atomic E-state index is 13.0. The Hall–Kier alpha value is -3.65. The quantitative estimate of drug-likeness (QED) is 0.426. The van der Waals surface area contributed by atoms with Gasteiger partial charge in [-0.25, -0.2) is 4.98 Å². The predicted molar refractivity (Wildman–Crippen MR) is 122 cm³/mol. The van der Waals surface area contributed by atoms with Crippen LogP contribution < -0.4 is 19.8 Å². The SMILES string of the molecule is COc1ccc(-c2cc3ncn(CC(=O)c4ccc5c(c4)OCCCO5)c(=O)c3s2)cc1. The highest BCUT2D eigenvalue weighted by atomic mass is 32.1. The van der Waals surface area contributed by atoms with Gasteiger partial charge in [0.1, 0.15) is 10.4 Å². The lowest BCUT2D eigenvalue weighted by Crippen LogP contribution is -2.24. The maximum Gasteiger partial charge on any atom is 0.271 e. The van der Waals surface area contributed by atoms with Gasteiger partial charge in [0, 0.05) is 16.9 Å². The molecule has 0 radical (unpaired) electrons. The Morgan fingerprint density at radius 2 is 1.88 bits per heavy atom. The van der Waals surface area contributed by atoms with E-state index in [4.69, 9.17) is 14.2 Å². The first-order valence-corrected chi connectivity index (χ1v) is 11.0. The summed E-state index contributed by atoms with van der Waals surface area (Å²) >= 11 is 1.36. The summed E-state index contributed by atoms with van der Waals surface area (Å²) in [5, 5.41) is 0. The molecule has 162 valence electrons. The molecule has 1 aliphatic heterocycles. The number of aromatic nitrogens is 2. The number of hydrogen-bond acceptors (Lipinski definition) is 7. The lowest BCUT2D eigenvalue weighted by Gasteiger charge is -2.09. The molecule has 0 aliphatic carbocycles. The molecule has 2 aromatic heterocycles. The standard InChI is InChI=1S/C24H20N2O5S/c1-29-17-6-3-15(4-7-17)22-12-18-23(32-22)24(28)26(14-25-18)13-19(27)16-5-8-20-21(11-16)31-10-2-9-30-20/h3-8,11-12,14H,2,9-10,13H2,1H3. The Kier molecular flexibility index (Phi) is 5.36. The van der Waals surface area contributed by atoms with Gasteiger partial charge in [0.05, 0.1) is 38.7 Å². The molecule has 8 heteroatoms. The molecule has 1 aliphatic rings. The van der Waals surface area contributed by atoms with Crippen LogP contribution in [0, 0.1) is 0 Å². The van der Waals surface area contributed by atoms with Crippen LogP contribution in [0.25, 0.3) is 20.7 Å². The fourth-order valence-electron chi connectivity index (χ4n) is 3.54. The second kappa shape index (κ2) is 8.47. The van der Waals surface area contributed by atoms with Crippen LogP contribution in [0.4, 0.5) is 0 Å². The summed E-state index contributed by atoms with van der Waals surface area (Å²) < 4.78 is 18.3. The van der Waals surface area contributed by atoms with Crippen LogP contribution in [0.2, 0.25) is 0 Å². The van der Waals surface area contributed by atoms with Gasteiger partial charge in [-0.1, -0.05) is 0 Å². The second-order valence-corrected chi connectivity index (χ2v) is 8.42. The van der Waals surface area contributed by atoms with Crippen molar-refractivity contribution in [3.8, 4) is 27.7 Å². The molecule has 0 fully saturated rings. The van der Waals surface area contributed by atoms with Gasteiger partial charge >= 0.3 is 0 Å². The van der Waals surface area contributed by atoms with Crippen molar-refractivity contribution in [2.24, 2.45) is 0 Å².